The minimum Gasteiger partial charge on any atom is -0.488 e. The number of rotatable bonds is 14. The summed E-state index contributed by atoms with van der Waals surface area (Å²) in [6.07, 6.45) is 9.14. The smallest absolute Gasteiger partial charge is 0.407 e. The fourth-order valence-electron chi connectivity index (χ4n) is 9.27. The number of alkyl halides is 2. The van der Waals surface area contributed by atoms with Gasteiger partial charge in [-0.2, -0.15) is 8.78 Å². The van der Waals surface area contributed by atoms with E-state index in [0.717, 1.165) is 50.7 Å². The van der Waals surface area contributed by atoms with E-state index in [9.17, 15) is 28.0 Å². The van der Waals surface area contributed by atoms with Crippen molar-refractivity contribution in [3.8, 4) is 28.1 Å². The number of allylic oxidation sites excluding steroid dienone is 3. The van der Waals surface area contributed by atoms with E-state index in [1.54, 1.807) is 42.0 Å². The van der Waals surface area contributed by atoms with E-state index in [4.69, 9.17) is 24.2 Å². The Labute approximate surface area is 385 Å². The molecule has 0 radical (unpaired) electrons. The first-order valence-electron chi connectivity index (χ1n) is 22.2. The molecular weight excluding hydrogens is 867 g/mol. The van der Waals surface area contributed by atoms with Gasteiger partial charge in [0.15, 0.2) is 0 Å². The summed E-state index contributed by atoms with van der Waals surface area (Å²) in [5.41, 5.74) is 6.35. The Hall–Kier alpha value is -7.08. The number of alkyl carbamates (subject to hydrolysis) is 2. The third kappa shape index (κ3) is 9.61. The summed E-state index contributed by atoms with van der Waals surface area (Å²) < 4.78 is 46.9. The molecule has 2 saturated heterocycles. The summed E-state index contributed by atoms with van der Waals surface area (Å²) in [6.45, 7) is 7.25. The quantitative estimate of drug-likeness (QED) is 0.0789. The van der Waals surface area contributed by atoms with Gasteiger partial charge in [-0.1, -0.05) is 62.9 Å². The summed E-state index contributed by atoms with van der Waals surface area (Å²) in [5.74, 6) is 0.417. The Balaban J connectivity index is 1.04. The van der Waals surface area contributed by atoms with Crippen molar-refractivity contribution in [2.24, 2.45) is 11.8 Å². The molecule has 3 aromatic carbocycles. The number of H-pyrrole nitrogens is 2. The third-order valence-electron chi connectivity index (χ3n) is 12.6. The number of aromatic amines is 2. The van der Waals surface area contributed by atoms with E-state index in [1.165, 1.54) is 14.2 Å². The molecule has 0 spiro atoms. The Bertz CT molecular complexity index is 2760. The average molecular weight is 921 g/mol. The highest BCUT2D eigenvalue weighted by molar-refractivity contribution is 6.07. The SMILES string of the molecule is C=C(/C=C\C=C/C)[C@@H](NC(=O)OC)C(=O)N1CCCC1c1ncc(-c2ccc3c(c2)COc2cc4c(ccc5[nH]c([C@@H]6C[C@H](COC(F)F)CN6C(=O)[C@@H](NC(=O)OC)C(C)C)nc54)cc2-3)[nH]1. The number of benzene rings is 3. The number of hydrogen-bond donors (Lipinski definition) is 4. The number of aromatic nitrogens is 4. The lowest BCUT2D eigenvalue weighted by molar-refractivity contribution is -0.139. The molecule has 352 valence electrons. The number of hydrogen-bond acceptors (Lipinski definition) is 10. The molecule has 5 heterocycles. The number of amides is 4. The highest BCUT2D eigenvalue weighted by Crippen LogP contribution is 2.44. The molecular formula is C49H54F2N8O8. The summed E-state index contributed by atoms with van der Waals surface area (Å²) in [6, 6.07) is 11.2. The molecule has 16 nitrogen and oxygen atoms in total. The monoisotopic (exact) mass is 920 g/mol. The molecule has 5 aromatic rings. The highest BCUT2D eigenvalue weighted by atomic mass is 19.3. The van der Waals surface area contributed by atoms with E-state index >= 15 is 0 Å². The summed E-state index contributed by atoms with van der Waals surface area (Å²) in [4.78, 5) is 72.4. The van der Waals surface area contributed by atoms with Crippen molar-refractivity contribution in [2.45, 2.75) is 77.4 Å². The number of ether oxygens (including phenoxy) is 4. The number of methoxy groups -OCH3 is 2. The first-order chi connectivity index (χ1) is 32.3. The standard InChI is InChI=1S/C49H54F2N8O8/c1-7-8-9-11-27(4)41(57-49(63)65-6)46(61)58-17-10-12-37(58)43-52-22-36(54-43)30-13-15-32-31(19-30)25-66-39-21-33-29(20-34(32)39)14-16-35-42(33)55-44(53-35)38-18-28(24-67-47(50)51)23-59(38)45(60)40(26(2)3)56-48(62)64-5/h7-9,11,13-16,19-22,26,28,37-38,40-41,47H,4,10,12,17-18,23-25H2,1-3,5-6H3,(H,52,54)(H,53,55)(H,56,62)(H,57,63)/b8-7-,11-9-/t28-,37?,38-,40-,41+/m0/s1. The van der Waals surface area contributed by atoms with Gasteiger partial charge < -0.3 is 49.3 Å². The van der Waals surface area contributed by atoms with Gasteiger partial charge in [-0.25, -0.2) is 19.6 Å². The minimum absolute atomic E-state index is 0.134. The summed E-state index contributed by atoms with van der Waals surface area (Å²) in [7, 11) is 2.46. The van der Waals surface area contributed by atoms with Crippen LogP contribution in [0.25, 0.3) is 44.2 Å². The molecule has 0 aliphatic carbocycles. The molecule has 4 amide bonds. The second-order valence-electron chi connectivity index (χ2n) is 17.3. The van der Waals surface area contributed by atoms with Crippen molar-refractivity contribution in [3.63, 3.8) is 0 Å². The van der Waals surface area contributed by atoms with Gasteiger partial charge in [-0.15, -0.1) is 0 Å². The van der Waals surface area contributed by atoms with Gasteiger partial charge >= 0.3 is 18.8 Å². The van der Waals surface area contributed by atoms with Crippen molar-refractivity contribution >= 4 is 45.8 Å². The Kier molecular flexibility index (Phi) is 13.7. The Morgan fingerprint density at radius 3 is 2.49 bits per heavy atom. The summed E-state index contributed by atoms with van der Waals surface area (Å²) in [5, 5.41) is 7.00. The van der Waals surface area contributed by atoms with Crippen molar-refractivity contribution in [2.75, 3.05) is 33.9 Å². The molecule has 0 bridgehead atoms. The van der Waals surface area contributed by atoms with Gasteiger partial charge in [0.1, 0.15) is 36.1 Å². The molecule has 3 aliphatic rings. The first-order valence-corrected chi connectivity index (χ1v) is 22.2. The largest absolute Gasteiger partial charge is 0.488 e. The van der Waals surface area contributed by atoms with Crippen LogP contribution in [0.2, 0.25) is 0 Å². The number of carbonyl (C=O) groups excluding carboxylic acids is 4. The fraction of sp³-hybridized carbons (Fsp3) is 0.388. The predicted molar refractivity (Wildman–Crippen MR) is 246 cm³/mol. The van der Waals surface area contributed by atoms with E-state index in [-0.39, 0.29) is 36.9 Å². The Morgan fingerprint density at radius 1 is 0.955 bits per heavy atom. The second-order valence-corrected chi connectivity index (χ2v) is 17.3. The number of imidazole rings is 2. The van der Waals surface area contributed by atoms with Gasteiger partial charge in [-0.05, 0) is 84.0 Å². The number of likely N-dealkylation sites (tertiary alicyclic amines) is 2. The van der Waals surface area contributed by atoms with Crippen molar-refractivity contribution in [1.82, 2.24) is 40.4 Å². The number of halogens is 2. The number of carbonyl (C=O) groups is 4. The first kappa shape index (κ1) is 46.4. The van der Waals surface area contributed by atoms with Crippen molar-refractivity contribution in [3.05, 3.63) is 102 Å². The number of fused-ring (bicyclic) bond motifs is 6. The van der Waals surface area contributed by atoms with Gasteiger partial charge in [0.2, 0.25) is 5.91 Å². The van der Waals surface area contributed by atoms with Crippen LogP contribution < -0.4 is 15.4 Å². The minimum atomic E-state index is -2.95. The van der Waals surface area contributed by atoms with Crippen LogP contribution in [0.1, 0.15) is 69.3 Å². The van der Waals surface area contributed by atoms with Crippen molar-refractivity contribution in [1.29, 1.82) is 0 Å². The highest BCUT2D eigenvalue weighted by Gasteiger charge is 2.42. The number of nitrogens with one attached hydrogen (secondary N) is 4. The van der Waals surface area contributed by atoms with Gasteiger partial charge in [-0.3, -0.25) is 9.59 Å². The summed E-state index contributed by atoms with van der Waals surface area (Å²) >= 11 is 0. The molecule has 5 atom stereocenters. The maximum Gasteiger partial charge on any atom is 0.407 e. The van der Waals surface area contributed by atoms with Crippen LogP contribution in [0.3, 0.4) is 0 Å². The van der Waals surface area contributed by atoms with Crippen LogP contribution in [0, 0.1) is 11.8 Å². The van der Waals surface area contributed by atoms with E-state index in [1.807, 2.05) is 43.3 Å². The van der Waals surface area contributed by atoms with Gasteiger partial charge in [0, 0.05) is 30.0 Å². The zero-order valence-corrected chi connectivity index (χ0v) is 37.9. The molecule has 18 heteroatoms. The van der Waals surface area contributed by atoms with Crippen LogP contribution in [0.15, 0.2) is 85.1 Å². The van der Waals surface area contributed by atoms with Crippen LogP contribution in [-0.2, 0) is 30.4 Å². The lowest BCUT2D eigenvalue weighted by atomic mass is 9.92. The molecule has 0 saturated carbocycles. The van der Waals surface area contributed by atoms with E-state index < -0.39 is 42.8 Å². The van der Waals surface area contributed by atoms with Crippen LogP contribution in [0.4, 0.5) is 18.4 Å². The third-order valence-corrected chi connectivity index (χ3v) is 12.6. The lowest BCUT2D eigenvalue weighted by Gasteiger charge is -2.30. The zero-order chi connectivity index (χ0) is 47.5. The second kappa shape index (κ2) is 19.8. The molecule has 8 rings (SSSR count). The maximum atomic E-state index is 14.1. The van der Waals surface area contributed by atoms with Crippen LogP contribution in [-0.4, -0.2) is 106 Å². The predicted octanol–water partition coefficient (Wildman–Crippen LogP) is 8.25. The van der Waals surface area contributed by atoms with E-state index in [0.29, 0.717) is 54.5 Å². The molecule has 67 heavy (non-hydrogen) atoms. The van der Waals surface area contributed by atoms with Crippen LogP contribution in [0.5, 0.6) is 5.75 Å². The van der Waals surface area contributed by atoms with Crippen molar-refractivity contribution < 1.29 is 46.9 Å². The van der Waals surface area contributed by atoms with Gasteiger partial charge in [0.05, 0.1) is 55.8 Å². The lowest BCUT2D eigenvalue weighted by Crippen LogP contribution is -2.51. The molecule has 1 unspecified atom stereocenters. The number of nitrogens with zero attached hydrogens (tertiary/aromatic N) is 4. The fourth-order valence-corrected chi connectivity index (χ4v) is 9.27. The maximum absolute atomic E-state index is 14.1. The molecule has 2 fully saturated rings. The molecule has 2 aromatic heterocycles. The Morgan fingerprint density at radius 2 is 1.75 bits per heavy atom. The van der Waals surface area contributed by atoms with E-state index in [2.05, 4.69) is 50.1 Å². The van der Waals surface area contributed by atoms with Crippen LogP contribution >= 0.6 is 0 Å². The molecule has 3 aliphatic heterocycles. The molecule has 4 N–H and O–H groups in total. The average Bonchev–Trinajstić information content (AvgIpc) is 4.17. The van der Waals surface area contributed by atoms with Gasteiger partial charge in [0.25, 0.3) is 5.91 Å². The zero-order valence-electron chi connectivity index (χ0n) is 37.9. The topological polar surface area (TPSA) is 193 Å². The normalized spacial score (nSPS) is 19.0.